The summed E-state index contributed by atoms with van der Waals surface area (Å²) >= 11 is 0. The van der Waals surface area contributed by atoms with E-state index in [1.54, 1.807) is 0 Å². The lowest BCUT2D eigenvalue weighted by Crippen LogP contribution is -2.32. The highest BCUT2D eigenvalue weighted by atomic mass is 16.3. The van der Waals surface area contributed by atoms with Crippen molar-refractivity contribution < 1.29 is 5.11 Å². The van der Waals surface area contributed by atoms with Gasteiger partial charge >= 0.3 is 0 Å². The largest absolute Gasteiger partial charge is 0.387 e. The van der Waals surface area contributed by atoms with Crippen LogP contribution in [0, 0.1) is 11.8 Å². The van der Waals surface area contributed by atoms with E-state index < -0.39 is 0 Å². The lowest BCUT2D eigenvalue weighted by molar-refractivity contribution is 0.106. The third kappa shape index (κ3) is 4.55. The first-order chi connectivity index (χ1) is 10.1. The van der Waals surface area contributed by atoms with Gasteiger partial charge in [0.15, 0.2) is 0 Å². The van der Waals surface area contributed by atoms with E-state index in [2.05, 4.69) is 43.0 Å². The molecule has 0 bridgehead atoms. The second-order valence-electron chi connectivity index (χ2n) is 7.48. The van der Waals surface area contributed by atoms with Crippen molar-refractivity contribution in [3.05, 3.63) is 35.4 Å². The molecule has 2 heteroatoms. The fraction of sp³-hybridized carbons (Fsp3) is 0.684. The molecular weight excluding hydrogens is 258 g/mol. The molecule has 0 amide bonds. The molecule has 1 atom stereocenters. The van der Waals surface area contributed by atoms with Gasteiger partial charge in [-0.2, -0.15) is 0 Å². The molecule has 2 fully saturated rings. The standard InChI is InChI=1S/C19H29NO/c1-14(2)11-15-5-7-17(8-6-15)19(21)13-20(18-9-10-18)12-16-3-4-16/h5-8,14,16,18-19,21H,3-4,9-13H2,1-2H3. The Bertz CT molecular complexity index is 445. The molecule has 2 aliphatic carbocycles. The van der Waals surface area contributed by atoms with Crippen LogP contribution in [0.2, 0.25) is 0 Å². The quantitative estimate of drug-likeness (QED) is 0.786. The van der Waals surface area contributed by atoms with Gasteiger partial charge in [-0.3, -0.25) is 4.90 Å². The van der Waals surface area contributed by atoms with Gasteiger partial charge in [-0.1, -0.05) is 38.1 Å². The van der Waals surface area contributed by atoms with E-state index >= 15 is 0 Å². The zero-order chi connectivity index (χ0) is 14.8. The summed E-state index contributed by atoms with van der Waals surface area (Å²) in [6, 6.07) is 9.34. The van der Waals surface area contributed by atoms with Crippen LogP contribution in [-0.2, 0) is 6.42 Å². The van der Waals surface area contributed by atoms with Crippen molar-refractivity contribution in [2.75, 3.05) is 13.1 Å². The molecule has 2 nitrogen and oxygen atoms in total. The maximum Gasteiger partial charge on any atom is 0.0917 e. The van der Waals surface area contributed by atoms with Gasteiger partial charge in [0.2, 0.25) is 0 Å². The fourth-order valence-electron chi connectivity index (χ4n) is 3.12. The highest BCUT2D eigenvalue weighted by Crippen LogP contribution is 2.35. The highest BCUT2D eigenvalue weighted by molar-refractivity contribution is 5.24. The monoisotopic (exact) mass is 287 g/mol. The molecule has 1 unspecified atom stereocenters. The molecule has 116 valence electrons. The summed E-state index contributed by atoms with van der Waals surface area (Å²) < 4.78 is 0. The molecule has 0 radical (unpaired) electrons. The predicted octanol–water partition coefficient (Wildman–Crippen LogP) is 3.79. The first-order valence-corrected chi connectivity index (χ1v) is 8.62. The first kappa shape index (κ1) is 15.1. The number of benzene rings is 1. The van der Waals surface area contributed by atoms with Gasteiger partial charge in [-0.25, -0.2) is 0 Å². The van der Waals surface area contributed by atoms with E-state index in [0.717, 1.165) is 30.5 Å². The molecule has 1 aromatic rings. The first-order valence-electron chi connectivity index (χ1n) is 8.62. The average Bonchev–Trinajstić information content (AvgIpc) is 3.31. The molecule has 0 saturated heterocycles. The molecule has 1 aromatic carbocycles. The Kier molecular flexibility index (Phi) is 4.66. The molecule has 1 N–H and O–H groups in total. The normalized spacial score (nSPS) is 20.2. The number of rotatable bonds is 8. The minimum Gasteiger partial charge on any atom is -0.387 e. The van der Waals surface area contributed by atoms with Crippen molar-refractivity contribution in [1.82, 2.24) is 4.90 Å². The third-order valence-electron chi connectivity index (χ3n) is 4.67. The Balaban J connectivity index is 1.56. The molecule has 3 rings (SSSR count). The van der Waals surface area contributed by atoms with Gasteiger partial charge in [0.1, 0.15) is 0 Å². The third-order valence-corrected chi connectivity index (χ3v) is 4.67. The maximum absolute atomic E-state index is 10.5. The van der Waals surface area contributed by atoms with E-state index in [-0.39, 0.29) is 6.10 Å². The van der Waals surface area contributed by atoms with Crippen LogP contribution in [0.25, 0.3) is 0 Å². The molecule has 21 heavy (non-hydrogen) atoms. The smallest absolute Gasteiger partial charge is 0.0917 e. The second-order valence-corrected chi connectivity index (χ2v) is 7.48. The maximum atomic E-state index is 10.5. The lowest BCUT2D eigenvalue weighted by Gasteiger charge is -2.25. The molecule has 0 aliphatic heterocycles. The van der Waals surface area contributed by atoms with E-state index in [9.17, 15) is 5.11 Å². The zero-order valence-electron chi connectivity index (χ0n) is 13.5. The van der Waals surface area contributed by atoms with Crippen LogP contribution in [-0.4, -0.2) is 29.1 Å². The summed E-state index contributed by atoms with van der Waals surface area (Å²) in [6.45, 7) is 6.50. The summed E-state index contributed by atoms with van der Waals surface area (Å²) in [5.74, 6) is 1.59. The van der Waals surface area contributed by atoms with Crippen LogP contribution >= 0.6 is 0 Å². The van der Waals surface area contributed by atoms with Crippen LogP contribution in [0.15, 0.2) is 24.3 Å². The highest BCUT2D eigenvalue weighted by Gasteiger charge is 2.34. The lowest BCUT2D eigenvalue weighted by atomic mass is 10.00. The van der Waals surface area contributed by atoms with Crippen LogP contribution < -0.4 is 0 Å². The summed E-state index contributed by atoms with van der Waals surface area (Å²) in [5.41, 5.74) is 2.45. The Morgan fingerprint density at radius 1 is 1.10 bits per heavy atom. The van der Waals surface area contributed by atoms with Crippen LogP contribution in [0.1, 0.15) is 56.8 Å². The number of hydrogen-bond donors (Lipinski definition) is 1. The van der Waals surface area contributed by atoms with E-state index in [0.29, 0.717) is 5.92 Å². The average molecular weight is 287 g/mol. The minimum absolute atomic E-state index is 0.336. The SMILES string of the molecule is CC(C)Cc1ccc(C(O)CN(CC2CC2)C2CC2)cc1. The van der Waals surface area contributed by atoms with Gasteiger partial charge in [0, 0.05) is 19.1 Å². The molecule has 0 aromatic heterocycles. The molecular formula is C19H29NO. The molecule has 0 spiro atoms. The van der Waals surface area contributed by atoms with Crippen molar-refractivity contribution in [2.45, 2.75) is 58.1 Å². The minimum atomic E-state index is -0.336. The van der Waals surface area contributed by atoms with Crippen molar-refractivity contribution in [1.29, 1.82) is 0 Å². The Morgan fingerprint density at radius 2 is 1.76 bits per heavy atom. The summed E-state index contributed by atoms with van der Waals surface area (Å²) in [4.78, 5) is 2.53. The van der Waals surface area contributed by atoms with E-state index in [1.807, 2.05) is 0 Å². The number of aliphatic hydroxyl groups is 1. The topological polar surface area (TPSA) is 23.5 Å². The van der Waals surface area contributed by atoms with Crippen molar-refractivity contribution in [3.8, 4) is 0 Å². The predicted molar refractivity (Wildman–Crippen MR) is 87.3 cm³/mol. The van der Waals surface area contributed by atoms with E-state index in [4.69, 9.17) is 0 Å². The summed E-state index contributed by atoms with van der Waals surface area (Å²) in [7, 11) is 0. The van der Waals surface area contributed by atoms with Crippen LogP contribution in [0.5, 0.6) is 0 Å². The summed E-state index contributed by atoms with van der Waals surface area (Å²) in [5, 5.41) is 10.5. The Morgan fingerprint density at radius 3 is 2.29 bits per heavy atom. The van der Waals surface area contributed by atoms with Crippen molar-refractivity contribution >= 4 is 0 Å². The van der Waals surface area contributed by atoms with Crippen LogP contribution in [0.4, 0.5) is 0 Å². The second kappa shape index (κ2) is 6.50. The number of aliphatic hydroxyl groups excluding tert-OH is 1. The van der Waals surface area contributed by atoms with Gasteiger partial charge in [-0.15, -0.1) is 0 Å². The Hall–Kier alpha value is -0.860. The van der Waals surface area contributed by atoms with Crippen molar-refractivity contribution in [3.63, 3.8) is 0 Å². The Labute approximate surface area is 129 Å². The molecule has 0 heterocycles. The summed E-state index contributed by atoms with van der Waals surface area (Å²) in [6.07, 6.45) is 6.22. The van der Waals surface area contributed by atoms with Gasteiger partial charge in [0.05, 0.1) is 6.10 Å². The van der Waals surface area contributed by atoms with Crippen molar-refractivity contribution in [2.24, 2.45) is 11.8 Å². The van der Waals surface area contributed by atoms with Gasteiger partial charge in [-0.05, 0) is 55.1 Å². The van der Waals surface area contributed by atoms with Gasteiger partial charge in [0.25, 0.3) is 0 Å². The molecule has 2 saturated carbocycles. The zero-order valence-corrected chi connectivity index (χ0v) is 13.5. The van der Waals surface area contributed by atoms with E-state index in [1.165, 1.54) is 37.8 Å². The fourth-order valence-corrected chi connectivity index (χ4v) is 3.12. The van der Waals surface area contributed by atoms with Crippen LogP contribution in [0.3, 0.4) is 0 Å². The molecule has 2 aliphatic rings. The number of nitrogens with zero attached hydrogens (tertiary/aromatic N) is 1. The number of hydrogen-bond acceptors (Lipinski definition) is 2. The van der Waals surface area contributed by atoms with Gasteiger partial charge < -0.3 is 5.11 Å².